The summed E-state index contributed by atoms with van der Waals surface area (Å²) in [7, 11) is 0. The smallest absolute Gasteiger partial charge is 0.161 e. The van der Waals surface area contributed by atoms with Gasteiger partial charge in [0.25, 0.3) is 0 Å². The van der Waals surface area contributed by atoms with Crippen molar-refractivity contribution in [2.75, 3.05) is 33.0 Å². The van der Waals surface area contributed by atoms with E-state index in [1.165, 1.54) is 24.8 Å². The maximum Gasteiger partial charge on any atom is 0.161 e. The van der Waals surface area contributed by atoms with E-state index in [1.54, 1.807) is 0 Å². The molecular weight excluding hydrogens is 266 g/mol. The number of rotatable bonds is 8. The average molecular weight is 291 g/mol. The van der Waals surface area contributed by atoms with Gasteiger partial charge in [-0.15, -0.1) is 0 Å². The van der Waals surface area contributed by atoms with Gasteiger partial charge in [0.2, 0.25) is 0 Å². The SMILES string of the molecule is CCNC(COCCC1CC1)c1ccc2c(c1)OCCO2. The van der Waals surface area contributed by atoms with Crippen LogP contribution in [-0.2, 0) is 4.74 Å². The summed E-state index contributed by atoms with van der Waals surface area (Å²) in [5.74, 6) is 2.62. The highest BCUT2D eigenvalue weighted by molar-refractivity contribution is 5.44. The Morgan fingerprint density at radius 1 is 1.24 bits per heavy atom. The first kappa shape index (κ1) is 14.7. The predicted octanol–water partition coefficient (Wildman–Crippen LogP) is 2.93. The van der Waals surface area contributed by atoms with Gasteiger partial charge in [0.15, 0.2) is 11.5 Å². The minimum absolute atomic E-state index is 0.213. The number of hydrogen-bond acceptors (Lipinski definition) is 4. The van der Waals surface area contributed by atoms with Crippen molar-refractivity contribution >= 4 is 0 Å². The lowest BCUT2D eigenvalue weighted by molar-refractivity contribution is 0.106. The molecule has 3 rings (SSSR count). The monoisotopic (exact) mass is 291 g/mol. The standard InChI is InChI=1S/C17H25NO3/c1-2-18-15(12-19-8-7-13-3-4-13)14-5-6-16-17(11-14)21-10-9-20-16/h5-6,11,13,15,18H,2-4,7-10,12H2,1H3. The zero-order valence-electron chi connectivity index (χ0n) is 12.8. The Morgan fingerprint density at radius 3 is 2.81 bits per heavy atom. The molecule has 0 aromatic heterocycles. The van der Waals surface area contributed by atoms with Crippen molar-refractivity contribution in [1.29, 1.82) is 0 Å². The van der Waals surface area contributed by atoms with Crippen molar-refractivity contribution in [2.24, 2.45) is 5.92 Å². The van der Waals surface area contributed by atoms with E-state index in [-0.39, 0.29) is 6.04 Å². The molecule has 1 unspecified atom stereocenters. The number of fused-ring (bicyclic) bond motifs is 1. The fourth-order valence-corrected chi connectivity index (χ4v) is 2.65. The van der Waals surface area contributed by atoms with Crippen LogP contribution >= 0.6 is 0 Å². The molecule has 1 aliphatic carbocycles. The first-order chi connectivity index (χ1) is 10.4. The molecule has 1 saturated carbocycles. The van der Waals surface area contributed by atoms with Gasteiger partial charge in [0.05, 0.1) is 12.6 Å². The lowest BCUT2D eigenvalue weighted by atomic mass is 10.1. The normalized spacial score (nSPS) is 18.5. The van der Waals surface area contributed by atoms with E-state index in [0.29, 0.717) is 19.8 Å². The third-order valence-electron chi connectivity index (χ3n) is 4.07. The zero-order chi connectivity index (χ0) is 14.5. The third-order valence-corrected chi connectivity index (χ3v) is 4.07. The molecule has 1 heterocycles. The van der Waals surface area contributed by atoms with Gasteiger partial charge < -0.3 is 19.5 Å². The van der Waals surface area contributed by atoms with Gasteiger partial charge in [-0.05, 0) is 36.6 Å². The molecule has 21 heavy (non-hydrogen) atoms. The molecule has 1 N–H and O–H groups in total. The molecule has 1 aliphatic heterocycles. The molecule has 1 atom stereocenters. The van der Waals surface area contributed by atoms with E-state index in [4.69, 9.17) is 14.2 Å². The van der Waals surface area contributed by atoms with Crippen LogP contribution in [0.4, 0.5) is 0 Å². The lowest BCUT2D eigenvalue weighted by Gasteiger charge is -2.22. The molecule has 2 aliphatic rings. The molecule has 116 valence electrons. The molecule has 1 aromatic rings. The van der Waals surface area contributed by atoms with E-state index in [1.807, 2.05) is 6.07 Å². The second kappa shape index (κ2) is 7.14. The van der Waals surface area contributed by atoms with Crippen molar-refractivity contribution in [3.8, 4) is 11.5 Å². The van der Waals surface area contributed by atoms with Crippen LogP contribution in [0.3, 0.4) is 0 Å². The largest absolute Gasteiger partial charge is 0.486 e. The summed E-state index contributed by atoms with van der Waals surface area (Å²) in [5, 5.41) is 3.49. The van der Waals surface area contributed by atoms with Crippen molar-refractivity contribution in [2.45, 2.75) is 32.2 Å². The van der Waals surface area contributed by atoms with Gasteiger partial charge in [-0.25, -0.2) is 0 Å². The predicted molar refractivity (Wildman–Crippen MR) is 82.0 cm³/mol. The van der Waals surface area contributed by atoms with Crippen LogP contribution in [0.15, 0.2) is 18.2 Å². The van der Waals surface area contributed by atoms with Gasteiger partial charge in [-0.2, -0.15) is 0 Å². The van der Waals surface area contributed by atoms with Crippen LogP contribution in [0.25, 0.3) is 0 Å². The van der Waals surface area contributed by atoms with Gasteiger partial charge in [-0.3, -0.25) is 0 Å². The fraction of sp³-hybridized carbons (Fsp3) is 0.647. The van der Waals surface area contributed by atoms with Crippen molar-refractivity contribution < 1.29 is 14.2 Å². The number of likely N-dealkylation sites (N-methyl/N-ethyl adjacent to an activating group) is 1. The van der Waals surface area contributed by atoms with Gasteiger partial charge in [-0.1, -0.05) is 25.8 Å². The second-order valence-electron chi connectivity index (χ2n) is 5.82. The lowest BCUT2D eigenvalue weighted by Crippen LogP contribution is -2.26. The molecular formula is C17H25NO3. The van der Waals surface area contributed by atoms with Crippen LogP contribution in [0.1, 0.15) is 37.8 Å². The summed E-state index contributed by atoms with van der Waals surface area (Å²) in [6.07, 6.45) is 3.99. The van der Waals surface area contributed by atoms with E-state index in [9.17, 15) is 0 Å². The van der Waals surface area contributed by atoms with Gasteiger partial charge >= 0.3 is 0 Å². The van der Waals surface area contributed by atoms with Crippen LogP contribution in [0.2, 0.25) is 0 Å². The minimum Gasteiger partial charge on any atom is -0.486 e. The Balaban J connectivity index is 1.58. The average Bonchev–Trinajstić information content (AvgIpc) is 3.34. The Hall–Kier alpha value is -1.26. The molecule has 0 amide bonds. The fourth-order valence-electron chi connectivity index (χ4n) is 2.65. The van der Waals surface area contributed by atoms with Crippen LogP contribution in [-0.4, -0.2) is 33.0 Å². The van der Waals surface area contributed by atoms with Gasteiger partial charge in [0, 0.05) is 6.61 Å². The minimum atomic E-state index is 0.213. The maximum atomic E-state index is 5.86. The number of ether oxygens (including phenoxy) is 3. The van der Waals surface area contributed by atoms with E-state index in [2.05, 4.69) is 24.4 Å². The second-order valence-corrected chi connectivity index (χ2v) is 5.82. The Kier molecular flexibility index (Phi) is 4.99. The highest BCUT2D eigenvalue weighted by Crippen LogP contribution is 2.33. The summed E-state index contributed by atoms with van der Waals surface area (Å²) in [4.78, 5) is 0. The van der Waals surface area contributed by atoms with Crippen LogP contribution < -0.4 is 14.8 Å². The van der Waals surface area contributed by atoms with Crippen molar-refractivity contribution in [3.63, 3.8) is 0 Å². The Bertz CT molecular complexity index is 459. The number of benzene rings is 1. The summed E-state index contributed by atoms with van der Waals surface area (Å²) < 4.78 is 17.1. The molecule has 4 heteroatoms. The summed E-state index contributed by atoms with van der Waals surface area (Å²) in [5.41, 5.74) is 1.20. The number of hydrogen-bond donors (Lipinski definition) is 1. The maximum absolute atomic E-state index is 5.86. The molecule has 1 aromatic carbocycles. The molecule has 0 spiro atoms. The molecule has 0 saturated heterocycles. The van der Waals surface area contributed by atoms with Crippen molar-refractivity contribution in [3.05, 3.63) is 23.8 Å². The quantitative estimate of drug-likeness (QED) is 0.748. The van der Waals surface area contributed by atoms with E-state index in [0.717, 1.165) is 30.6 Å². The third kappa shape index (κ3) is 4.11. The first-order valence-electron chi connectivity index (χ1n) is 8.07. The van der Waals surface area contributed by atoms with Crippen LogP contribution in [0.5, 0.6) is 11.5 Å². The summed E-state index contributed by atoms with van der Waals surface area (Å²) in [6.45, 7) is 5.88. The molecule has 0 radical (unpaired) electrons. The highest BCUT2D eigenvalue weighted by atomic mass is 16.6. The Morgan fingerprint density at radius 2 is 2.05 bits per heavy atom. The van der Waals surface area contributed by atoms with Crippen LogP contribution in [0, 0.1) is 5.92 Å². The Labute approximate surface area is 126 Å². The highest BCUT2D eigenvalue weighted by Gasteiger charge is 2.21. The molecule has 4 nitrogen and oxygen atoms in total. The summed E-state index contributed by atoms with van der Waals surface area (Å²) in [6, 6.07) is 6.39. The zero-order valence-corrected chi connectivity index (χ0v) is 12.8. The topological polar surface area (TPSA) is 39.7 Å². The number of nitrogens with one attached hydrogen (secondary N) is 1. The first-order valence-corrected chi connectivity index (χ1v) is 8.07. The van der Waals surface area contributed by atoms with Gasteiger partial charge in [0.1, 0.15) is 13.2 Å². The van der Waals surface area contributed by atoms with Crippen molar-refractivity contribution in [1.82, 2.24) is 5.32 Å². The van der Waals surface area contributed by atoms with E-state index >= 15 is 0 Å². The van der Waals surface area contributed by atoms with E-state index < -0.39 is 0 Å². The summed E-state index contributed by atoms with van der Waals surface area (Å²) >= 11 is 0. The molecule has 1 fully saturated rings. The molecule has 0 bridgehead atoms.